The summed E-state index contributed by atoms with van der Waals surface area (Å²) in [5, 5.41) is 0. The van der Waals surface area contributed by atoms with E-state index in [0.717, 1.165) is 5.75 Å². The summed E-state index contributed by atoms with van der Waals surface area (Å²) in [5.41, 5.74) is 10.8. The van der Waals surface area contributed by atoms with Crippen LogP contribution in [0.25, 0.3) is 17.2 Å². The van der Waals surface area contributed by atoms with E-state index in [1.807, 2.05) is 7.11 Å². The predicted molar refractivity (Wildman–Crippen MR) is 137 cm³/mol. The molecule has 0 amide bonds. The number of hydrogen-bond donors (Lipinski definition) is 0. The lowest BCUT2D eigenvalue weighted by molar-refractivity contribution is 0.399. The van der Waals surface area contributed by atoms with Crippen LogP contribution in [0.4, 0.5) is 0 Å². The first kappa shape index (κ1) is 23.9. The summed E-state index contributed by atoms with van der Waals surface area (Å²) in [4.78, 5) is 0. The zero-order valence-corrected chi connectivity index (χ0v) is 22.4. The minimum atomic E-state index is -0.0218. The van der Waals surface area contributed by atoms with Gasteiger partial charge in [0.25, 0.3) is 0 Å². The zero-order valence-electron chi connectivity index (χ0n) is 21.4. The van der Waals surface area contributed by atoms with Gasteiger partial charge in [-0.05, 0) is 56.5 Å². The van der Waals surface area contributed by atoms with Crippen LogP contribution in [-0.2, 0) is 16.2 Å². The van der Waals surface area contributed by atoms with Gasteiger partial charge < -0.3 is 4.74 Å². The average Bonchev–Trinajstić information content (AvgIpc) is 2.91. The molecule has 1 unspecified atom stereocenters. The Labute approximate surface area is 193 Å². The number of ether oxygens (including phenoxy) is 1. The first-order valence-electron chi connectivity index (χ1n) is 11.4. The van der Waals surface area contributed by atoms with Crippen molar-refractivity contribution in [3.63, 3.8) is 0 Å². The molecule has 165 valence electrons. The molecule has 1 nitrogen and oxygen atoms in total. The minimum absolute atomic E-state index is 0.0218. The van der Waals surface area contributed by atoms with Crippen LogP contribution in [0, 0.1) is 0 Å². The van der Waals surface area contributed by atoms with Crippen LogP contribution >= 0.6 is 0 Å². The maximum Gasteiger partial charge on any atom is 0.131 e. The normalized spacial score (nSPS) is 16.9. The van der Waals surface area contributed by atoms with Gasteiger partial charge in [0.05, 0.1) is 7.11 Å². The second-order valence-corrected chi connectivity index (χ2v) is 12.8. The van der Waals surface area contributed by atoms with Gasteiger partial charge in [-0.2, -0.15) is 0 Å². The standard InChI is InChI=1S/C29H39OSi/c1-17-12-21-22(26(17)31)16-23(29(8,9)10)25(30-11)24(21)18-13-19(27(2,3)4)15-20(14-18)28(5,6)7/h12-16,26H,1-11H3. The van der Waals surface area contributed by atoms with Crippen molar-refractivity contribution in [1.29, 1.82) is 0 Å². The second-order valence-electron chi connectivity index (χ2n) is 12.2. The van der Waals surface area contributed by atoms with Gasteiger partial charge in [-0.25, -0.2) is 0 Å². The van der Waals surface area contributed by atoms with Crippen molar-refractivity contribution in [1.82, 2.24) is 0 Å². The second kappa shape index (κ2) is 7.66. The Balaban J connectivity index is 2.48. The molecule has 31 heavy (non-hydrogen) atoms. The molecule has 0 heterocycles. The fourth-order valence-corrected chi connectivity index (χ4v) is 4.67. The van der Waals surface area contributed by atoms with Crippen molar-refractivity contribution < 1.29 is 4.74 Å². The number of allylic oxidation sites excluding steroid dienone is 1. The van der Waals surface area contributed by atoms with Crippen molar-refractivity contribution in [2.24, 2.45) is 0 Å². The van der Waals surface area contributed by atoms with Crippen LogP contribution < -0.4 is 4.74 Å². The van der Waals surface area contributed by atoms with E-state index in [4.69, 9.17) is 4.74 Å². The Morgan fingerprint density at radius 3 is 1.71 bits per heavy atom. The van der Waals surface area contributed by atoms with Gasteiger partial charge in [-0.15, -0.1) is 0 Å². The molecule has 0 saturated heterocycles. The van der Waals surface area contributed by atoms with Crippen LogP contribution in [0.3, 0.4) is 0 Å². The van der Waals surface area contributed by atoms with E-state index in [-0.39, 0.29) is 21.8 Å². The van der Waals surface area contributed by atoms with Gasteiger partial charge in [0.1, 0.15) is 5.75 Å². The summed E-state index contributed by atoms with van der Waals surface area (Å²) < 4.78 is 6.16. The SMILES string of the molecule is COc1c(C(C)(C)C)cc2c(c1-c1cc(C(C)(C)C)cc(C(C)(C)C)c1)C=C(C)C2[Si]. The number of hydrogen-bond acceptors (Lipinski definition) is 1. The lowest BCUT2D eigenvalue weighted by atomic mass is 9.77. The third kappa shape index (κ3) is 4.42. The van der Waals surface area contributed by atoms with Crippen molar-refractivity contribution in [3.05, 3.63) is 57.7 Å². The Bertz CT molecular complexity index is 1000. The Kier molecular flexibility index (Phi) is 5.89. The lowest BCUT2D eigenvalue weighted by Crippen LogP contribution is -2.17. The van der Waals surface area contributed by atoms with Gasteiger partial charge >= 0.3 is 0 Å². The quantitative estimate of drug-likeness (QED) is 0.439. The van der Waals surface area contributed by atoms with E-state index >= 15 is 0 Å². The molecular formula is C29H39OSi. The van der Waals surface area contributed by atoms with Crippen LogP contribution in [0.2, 0.25) is 0 Å². The van der Waals surface area contributed by atoms with E-state index in [1.165, 1.54) is 44.5 Å². The Morgan fingerprint density at radius 1 is 0.774 bits per heavy atom. The van der Waals surface area contributed by atoms with Gasteiger partial charge in [-0.3, -0.25) is 0 Å². The summed E-state index contributed by atoms with van der Waals surface area (Å²) in [5.74, 6) is 1.00. The van der Waals surface area contributed by atoms with Crippen LogP contribution in [0.15, 0.2) is 29.8 Å². The van der Waals surface area contributed by atoms with Gasteiger partial charge in [-0.1, -0.05) is 98.2 Å². The molecule has 0 aliphatic heterocycles. The molecule has 1 aliphatic rings. The summed E-state index contributed by atoms with van der Waals surface area (Å²) in [6, 6.07) is 9.49. The first-order chi connectivity index (χ1) is 14.1. The zero-order chi connectivity index (χ0) is 23.5. The molecule has 0 bridgehead atoms. The van der Waals surface area contributed by atoms with Crippen LogP contribution in [-0.4, -0.2) is 17.4 Å². The molecule has 0 fully saturated rings. The third-order valence-corrected chi connectivity index (χ3v) is 7.22. The molecule has 0 spiro atoms. The molecule has 2 aromatic carbocycles. The molecule has 0 saturated carbocycles. The average molecular weight is 432 g/mol. The molecule has 0 aromatic heterocycles. The molecule has 3 radical (unpaired) electrons. The lowest BCUT2D eigenvalue weighted by Gasteiger charge is -2.29. The van der Waals surface area contributed by atoms with Crippen LogP contribution in [0.5, 0.6) is 5.75 Å². The molecule has 0 N–H and O–H groups in total. The summed E-state index contributed by atoms with van der Waals surface area (Å²) >= 11 is 0. The highest BCUT2D eigenvalue weighted by molar-refractivity contribution is 6.17. The maximum atomic E-state index is 6.16. The fraction of sp³-hybridized carbons (Fsp3) is 0.517. The molecule has 1 atom stereocenters. The fourth-order valence-electron chi connectivity index (χ4n) is 4.34. The van der Waals surface area contributed by atoms with Gasteiger partial charge in [0.2, 0.25) is 0 Å². The number of rotatable bonds is 2. The van der Waals surface area contributed by atoms with Crippen LogP contribution in [0.1, 0.15) is 103 Å². The largest absolute Gasteiger partial charge is 0.496 e. The first-order valence-corrected chi connectivity index (χ1v) is 11.9. The third-order valence-electron chi connectivity index (χ3n) is 6.46. The monoisotopic (exact) mass is 431 g/mol. The highest BCUT2D eigenvalue weighted by atomic mass is 28.1. The molecular weight excluding hydrogens is 392 g/mol. The van der Waals surface area contributed by atoms with Crippen molar-refractivity contribution in [2.45, 2.75) is 91.0 Å². The van der Waals surface area contributed by atoms with E-state index in [0.29, 0.717) is 0 Å². The van der Waals surface area contributed by atoms with E-state index in [1.54, 1.807) is 0 Å². The maximum absolute atomic E-state index is 6.16. The number of benzene rings is 2. The molecule has 2 heteroatoms. The molecule has 1 aliphatic carbocycles. The van der Waals surface area contributed by atoms with Gasteiger partial charge in [0.15, 0.2) is 0 Å². The summed E-state index contributed by atoms with van der Waals surface area (Å²) in [6.45, 7) is 22.8. The number of fused-ring (bicyclic) bond motifs is 1. The summed E-state index contributed by atoms with van der Waals surface area (Å²) in [7, 11) is 5.81. The highest BCUT2D eigenvalue weighted by Gasteiger charge is 2.31. The topological polar surface area (TPSA) is 9.23 Å². The van der Waals surface area contributed by atoms with Crippen molar-refractivity contribution >= 4 is 16.3 Å². The van der Waals surface area contributed by atoms with E-state index < -0.39 is 0 Å². The van der Waals surface area contributed by atoms with Crippen molar-refractivity contribution in [3.8, 4) is 16.9 Å². The number of methoxy groups -OCH3 is 1. The van der Waals surface area contributed by atoms with E-state index in [2.05, 4.69) is 110 Å². The summed E-state index contributed by atoms with van der Waals surface area (Å²) in [6.07, 6.45) is 2.33. The predicted octanol–water partition coefficient (Wildman–Crippen LogP) is 7.88. The van der Waals surface area contributed by atoms with E-state index in [9.17, 15) is 0 Å². The molecule has 2 aromatic rings. The van der Waals surface area contributed by atoms with Gasteiger partial charge in [0, 0.05) is 21.4 Å². The Morgan fingerprint density at radius 2 is 1.29 bits per heavy atom. The smallest absolute Gasteiger partial charge is 0.131 e. The molecule has 3 rings (SSSR count). The highest BCUT2D eigenvalue weighted by Crippen LogP contribution is 2.49. The Hall–Kier alpha value is -1.80. The van der Waals surface area contributed by atoms with Crippen molar-refractivity contribution in [2.75, 3.05) is 7.11 Å². The minimum Gasteiger partial charge on any atom is -0.496 e.